The van der Waals surface area contributed by atoms with Crippen LogP contribution < -0.4 is 24.8 Å². The van der Waals surface area contributed by atoms with Crippen LogP contribution in [-0.2, 0) is 0 Å². The minimum absolute atomic E-state index is 0.501. The van der Waals surface area contributed by atoms with Gasteiger partial charge in [-0.2, -0.15) is 4.98 Å². The third kappa shape index (κ3) is 3.61. The minimum Gasteiger partial charge on any atom is -0.493 e. The van der Waals surface area contributed by atoms with Gasteiger partial charge < -0.3 is 24.8 Å². The number of hydrogen-bond acceptors (Lipinski definition) is 7. The lowest BCUT2D eigenvalue weighted by atomic mass is 10.2. The Labute approximate surface area is 141 Å². The van der Waals surface area contributed by atoms with Crippen LogP contribution in [0.15, 0.2) is 18.2 Å². The largest absolute Gasteiger partial charge is 0.493 e. The van der Waals surface area contributed by atoms with E-state index in [1.807, 2.05) is 25.1 Å². The van der Waals surface area contributed by atoms with E-state index in [1.165, 1.54) is 12.8 Å². The smallest absolute Gasteiger partial charge is 0.225 e. The molecular formula is C17H22N4O3. The van der Waals surface area contributed by atoms with Gasteiger partial charge in [-0.25, -0.2) is 4.98 Å². The van der Waals surface area contributed by atoms with E-state index in [2.05, 4.69) is 20.6 Å². The summed E-state index contributed by atoms with van der Waals surface area (Å²) in [5.74, 6) is 3.08. The van der Waals surface area contributed by atoms with E-state index >= 15 is 0 Å². The molecule has 0 spiro atoms. The SMILES string of the molecule is COc1cc(Nc2cc(C)nc(NC3CC3)n2)cc(OC)c1OC. The molecule has 1 saturated carbocycles. The van der Waals surface area contributed by atoms with Crippen LogP contribution in [0.25, 0.3) is 0 Å². The summed E-state index contributed by atoms with van der Waals surface area (Å²) in [7, 11) is 4.76. The Morgan fingerprint density at radius 2 is 1.62 bits per heavy atom. The number of rotatable bonds is 7. The van der Waals surface area contributed by atoms with E-state index in [0.717, 1.165) is 11.4 Å². The van der Waals surface area contributed by atoms with E-state index in [9.17, 15) is 0 Å². The lowest BCUT2D eigenvalue weighted by molar-refractivity contribution is 0.324. The number of nitrogens with zero attached hydrogens (tertiary/aromatic N) is 2. The average Bonchev–Trinajstić information content (AvgIpc) is 3.37. The maximum Gasteiger partial charge on any atom is 0.225 e. The van der Waals surface area contributed by atoms with Crippen LogP contribution in [-0.4, -0.2) is 37.3 Å². The molecule has 7 nitrogen and oxygen atoms in total. The number of aromatic nitrogens is 2. The fourth-order valence-electron chi connectivity index (χ4n) is 2.41. The van der Waals surface area contributed by atoms with Crippen LogP contribution in [0.5, 0.6) is 17.2 Å². The van der Waals surface area contributed by atoms with Crippen molar-refractivity contribution >= 4 is 17.5 Å². The maximum absolute atomic E-state index is 5.38. The Morgan fingerprint density at radius 1 is 0.958 bits per heavy atom. The second-order valence-electron chi connectivity index (χ2n) is 5.68. The molecule has 1 aromatic carbocycles. The van der Waals surface area contributed by atoms with Crippen LogP contribution in [0.1, 0.15) is 18.5 Å². The predicted octanol–water partition coefficient (Wildman–Crippen LogP) is 3.13. The summed E-state index contributed by atoms with van der Waals surface area (Å²) in [5, 5.41) is 6.59. The molecule has 2 N–H and O–H groups in total. The van der Waals surface area contributed by atoms with Crippen LogP contribution in [0.2, 0.25) is 0 Å². The van der Waals surface area contributed by atoms with Gasteiger partial charge in [0, 0.05) is 35.6 Å². The Hall–Kier alpha value is -2.70. The molecule has 0 saturated heterocycles. The van der Waals surface area contributed by atoms with E-state index in [0.29, 0.717) is 35.1 Å². The molecule has 24 heavy (non-hydrogen) atoms. The summed E-state index contributed by atoms with van der Waals surface area (Å²) in [6.07, 6.45) is 2.35. The summed E-state index contributed by atoms with van der Waals surface area (Å²) in [5.41, 5.74) is 1.68. The number of nitrogens with one attached hydrogen (secondary N) is 2. The van der Waals surface area contributed by atoms with Crippen LogP contribution in [0.4, 0.5) is 17.5 Å². The van der Waals surface area contributed by atoms with Gasteiger partial charge in [0.15, 0.2) is 11.5 Å². The number of methoxy groups -OCH3 is 3. The monoisotopic (exact) mass is 330 g/mol. The van der Waals surface area contributed by atoms with Gasteiger partial charge in [-0.3, -0.25) is 0 Å². The first-order valence-corrected chi connectivity index (χ1v) is 7.82. The molecule has 0 atom stereocenters. The van der Waals surface area contributed by atoms with Crippen molar-refractivity contribution in [1.82, 2.24) is 9.97 Å². The van der Waals surface area contributed by atoms with Crippen molar-refractivity contribution in [3.05, 3.63) is 23.9 Å². The zero-order chi connectivity index (χ0) is 17.1. The number of anilines is 3. The second-order valence-corrected chi connectivity index (χ2v) is 5.68. The normalized spacial score (nSPS) is 13.3. The molecule has 1 fully saturated rings. The number of benzene rings is 1. The molecule has 2 aromatic rings. The molecular weight excluding hydrogens is 308 g/mol. The van der Waals surface area contributed by atoms with Crippen LogP contribution in [0, 0.1) is 6.92 Å². The van der Waals surface area contributed by atoms with Crippen molar-refractivity contribution in [2.24, 2.45) is 0 Å². The highest BCUT2D eigenvalue weighted by atomic mass is 16.5. The third-order valence-electron chi connectivity index (χ3n) is 3.70. The van der Waals surface area contributed by atoms with Gasteiger partial charge in [0.1, 0.15) is 5.82 Å². The summed E-state index contributed by atoms with van der Waals surface area (Å²) >= 11 is 0. The zero-order valence-corrected chi connectivity index (χ0v) is 14.3. The van der Waals surface area contributed by atoms with Crippen molar-refractivity contribution in [1.29, 1.82) is 0 Å². The van der Waals surface area contributed by atoms with Crippen LogP contribution >= 0.6 is 0 Å². The first-order valence-electron chi connectivity index (χ1n) is 7.82. The standard InChI is InChI=1S/C17H22N4O3/c1-10-7-15(21-17(18-10)20-11-5-6-11)19-12-8-13(22-2)16(24-4)14(9-12)23-3/h7-9,11H,5-6H2,1-4H3,(H2,18,19,20,21). The van der Waals surface area contributed by atoms with Gasteiger partial charge in [-0.15, -0.1) is 0 Å². The van der Waals surface area contributed by atoms with Gasteiger partial charge >= 0.3 is 0 Å². The summed E-state index contributed by atoms with van der Waals surface area (Å²) < 4.78 is 16.1. The molecule has 0 radical (unpaired) electrons. The van der Waals surface area contributed by atoms with Crippen molar-refractivity contribution in [3.63, 3.8) is 0 Å². The lowest BCUT2D eigenvalue weighted by Gasteiger charge is -2.15. The third-order valence-corrected chi connectivity index (χ3v) is 3.70. The molecule has 3 rings (SSSR count). The molecule has 0 unspecified atom stereocenters. The fourth-order valence-corrected chi connectivity index (χ4v) is 2.41. The molecule has 0 aliphatic heterocycles. The van der Waals surface area contributed by atoms with Crippen LogP contribution in [0.3, 0.4) is 0 Å². The zero-order valence-electron chi connectivity index (χ0n) is 14.3. The molecule has 7 heteroatoms. The first kappa shape index (κ1) is 16.2. The lowest BCUT2D eigenvalue weighted by Crippen LogP contribution is -2.07. The average molecular weight is 330 g/mol. The van der Waals surface area contributed by atoms with Gasteiger partial charge in [0.2, 0.25) is 11.7 Å². The number of aryl methyl sites for hydroxylation is 1. The molecule has 1 aromatic heterocycles. The molecule has 0 amide bonds. The fraction of sp³-hybridized carbons (Fsp3) is 0.412. The molecule has 0 bridgehead atoms. The Kier molecular flexibility index (Phi) is 4.59. The molecule has 1 aliphatic carbocycles. The Bertz CT molecular complexity index is 707. The van der Waals surface area contributed by atoms with Gasteiger partial charge in [-0.1, -0.05) is 0 Å². The van der Waals surface area contributed by atoms with E-state index in [1.54, 1.807) is 21.3 Å². The van der Waals surface area contributed by atoms with Crippen molar-refractivity contribution < 1.29 is 14.2 Å². The predicted molar refractivity (Wildman–Crippen MR) is 92.8 cm³/mol. The molecule has 1 heterocycles. The van der Waals surface area contributed by atoms with E-state index in [4.69, 9.17) is 14.2 Å². The second kappa shape index (κ2) is 6.82. The first-order chi connectivity index (χ1) is 11.6. The van der Waals surface area contributed by atoms with Crippen molar-refractivity contribution in [3.8, 4) is 17.2 Å². The van der Waals surface area contributed by atoms with Gasteiger partial charge in [0.25, 0.3) is 0 Å². The highest BCUT2D eigenvalue weighted by molar-refractivity contribution is 5.67. The van der Waals surface area contributed by atoms with Crippen molar-refractivity contribution in [2.75, 3.05) is 32.0 Å². The minimum atomic E-state index is 0.501. The Balaban J connectivity index is 1.88. The maximum atomic E-state index is 5.38. The molecule has 1 aliphatic rings. The topological polar surface area (TPSA) is 77.5 Å². The van der Waals surface area contributed by atoms with E-state index in [-0.39, 0.29) is 0 Å². The molecule has 128 valence electrons. The van der Waals surface area contributed by atoms with E-state index < -0.39 is 0 Å². The summed E-state index contributed by atoms with van der Waals surface area (Å²) in [6.45, 7) is 1.94. The van der Waals surface area contributed by atoms with Gasteiger partial charge in [0.05, 0.1) is 21.3 Å². The number of hydrogen-bond donors (Lipinski definition) is 2. The quantitative estimate of drug-likeness (QED) is 0.807. The van der Waals surface area contributed by atoms with Crippen molar-refractivity contribution in [2.45, 2.75) is 25.8 Å². The number of ether oxygens (including phenoxy) is 3. The highest BCUT2D eigenvalue weighted by Crippen LogP contribution is 2.40. The Morgan fingerprint density at radius 3 is 2.17 bits per heavy atom. The summed E-state index contributed by atoms with van der Waals surface area (Å²) in [6, 6.07) is 6.07. The van der Waals surface area contributed by atoms with Gasteiger partial charge in [-0.05, 0) is 19.8 Å². The highest BCUT2D eigenvalue weighted by Gasteiger charge is 2.22. The summed E-state index contributed by atoms with van der Waals surface area (Å²) in [4.78, 5) is 8.94.